The molecule has 0 bridgehead atoms. The number of nitrogens with two attached hydrogens (primary N) is 1. The Balaban J connectivity index is 3.00. The monoisotopic (exact) mass is 325 g/mol. The highest BCUT2D eigenvalue weighted by molar-refractivity contribution is 5.82. The Bertz CT molecular complexity index is 647. The molecule has 0 unspecified atom stereocenters. The fourth-order valence-corrected chi connectivity index (χ4v) is 2.15. The fraction of sp³-hybridized carbons (Fsp3) is 0.667. The number of amides is 1. The number of nitrogens with zero attached hydrogens (tertiary/aromatic N) is 2. The van der Waals surface area contributed by atoms with Crippen LogP contribution in [0.5, 0.6) is 0 Å². The number of rotatable bonds is 8. The standard InChI is InChI=1S/C15H27N5O3/c1-5-6-7-20-13(16)12(14(22)18-15(20)23)19(4)9-11(21)17-8-10(2)3/h10H,5-9,16H2,1-4H3,(H,17,21)(H,18,22,23). The van der Waals surface area contributed by atoms with Gasteiger partial charge < -0.3 is 16.0 Å². The van der Waals surface area contributed by atoms with Crippen molar-refractivity contribution in [2.24, 2.45) is 5.92 Å². The van der Waals surface area contributed by atoms with E-state index < -0.39 is 11.2 Å². The van der Waals surface area contributed by atoms with Crippen molar-refractivity contribution in [2.75, 3.05) is 30.8 Å². The summed E-state index contributed by atoms with van der Waals surface area (Å²) in [4.78, 5) is 39.6. The quantitative estimate of drug-likeness (QED) is 0.628. The molecule has 1 amide bonds. The van der Waals surface area contributed by atoms with Gasteiger partial charge in [0.05, 0.1) is 6.54 Å². The van der Waals surface area contributed by atoms with E-state index in [1.807, 2.05) is 20.8 Å². The van der Waals surface area contributed by atoms with Crippen LogP contribution in [0, 0.1) is 5.92 Å². The number of anilines is 2. The van der Waals surface area contributed by atoms with Crippen LogP contribution in [0.1, 0.15) is 33.6 Å². The molecule has 0 atom stereocenters. The van der Waals surface area contributed by atoms with Crippen LogP contribution in [0.25, 0.3) is 0 Å². The van der Waals surface area contributed by atoms with Crippen molar-refractivity contribution >= 4 is 17.4 Å². The number of unbranched alkanes of at least 4 members (excludes halogenated alkanes) is 1. The van der Waals surface area contributed by atoms with E-state index in [0.29, 0.717) is 19.0 Å². The topological polar surface area (TPSA) is 113 Å². The second-order valence-corrected chi connectivity index (χ2v) is 6.05. The Labute approximate surface area is 135 Å². The van der Waals surface area contributed by atoms with Gasteiger partial charge in [0.25, 0.3) is 5.56 Å². The number of aromatic amines is 1. The van der Waals surface area contributed by atoms with Crippen LogP contribution >= 0.6 is 0 Å². The smallest absolute Gasteiger partial charge is 0.330 e. The number of hydrogen-bond donors (Lipinski definition) is 3. The number of nitrogens with one attached hydrogen (secondary N) is 2. The number of likely N-dealkylation sites (N-methyl/N-ethyl adjacent to an activating group) is 1. The zero-order chi connectivity index (χ0) is 17.6. The minimum atomic E-state index is -0.584. The summed E-state index contributed by atoms with van der Waals surface area (Å²) in [5.41, 5.74) is 5.02. The van der Waals surface area contributed by atoms with Gasteiger partial charge in [-0.05, 0) is 12.3 Å². The van der Waals surface area contributed by atoms with Gasteiger partial charge in [-0.15, -0.1) is 0 Å². The van der Waals surface area contributed by atoms with Crippen molar-refractivity contribution in [1.29, 1.82) is 0 Å². The van der Waals surface area contributed by atoms with Crippen molar-refractivity contribution in [2.45, 2.75) is 40.2 Å². The first-order chi connectivity index (χ1) is 10.8. The zero-order valence-corrected chi connectivity index (χ0v) is 14.3. The van der Waals surface area contributed by atoms with E-state index in [2.05, 4.69) is 10.3 Å². The van der Waals surface area contributed by atoms with Crippen molar-refractivity contribution in [3.8, 4) is 0 Å². The lowest BCUT2D eigenvalue weighted by molar-refractivity contribution is -0.119. The van der Waals surface area contributed by atoms with Crippen molar-refractivity contribution in [3.05, 3.63) is 20.8 Å². The van der Waals surface area contributed by atoms with E-state index in [1.165, 1.54) is 9.47 Å². The summed E-state index contributed by atoms with van der Waals surface area (Å²) in [6.45, 7) is 6.98. The van der Waals surface area contributed by atoms with Gasteiger partial charge in [-0.25, -0.2) is 4.79 Å². The van der Waals surface area contributed by atoms with Gasteiger partial charge in [0.15, 0.2) is 0 Å². The maximum atomic E-state index is 12.1. The summed E-state index contributed by atoms with van der Waals surface area (Å²) in [7, 11) is 1.60. The minimum Gasteiger partial charge on any atom is -0.383 e. The number of aromatic nitrogens is 2. The maximum Gasteiger partial charge on any atom is 0.330 e. The molecule has 0 saturated carbocycles. The highest BCUT2D eigenvalue weighted by Gasteiger charge is 2.18. The molecule has 0 aliphatic heterocycles. The van der Waals surface area contributed by atoms with Crippen LogP contribution in [-0.4, -0.2) is 35.6 Å². The SMILES string of the molecule is CCCCn1c(N)c(N(C)CC(=O)NCC(C)C)c(=O)[nH]c1=O. The molecule has 0 aliphatic carbocycles. The first-order valence-electron chi connectivity index (χ1n) is 7.88. The largest absolute Gasteiger partial charge is 0.383 e. The Morgan fingerprint density at radius 2 is 2.04 bits per heavy atom. The van der Waals surface area contributed by atoms with Crippen LogP contribution in [0.2, 0.25) is 0 Å². The molecule has 23 heavy (non-hydrogen) atoms. The van der Waals surface area contributed by atoms with Gasteiger partial charge >= 0.3 is 5.69 Å². The van der Waals surface area contributed by atoms with Crippen LogP contribution in [0.15, 0.2) is 9.59 Å². The third-order valence-electron chi connectivity index (χ3n) is 3.42. The second-order valence-electron chi connectivity index (χ2n) is 6.05. The molecule has 130 valence electrons. The number of carbonyl (C=O) groups is 1. The van der Waals surface area contributed by atoms with Crippen LogP contribution in [-0.2, 0) is 11.3 Å². The summed E-state index contributed by atoms with van der Waals surface area (Å²) in [5, 5.41) is 2.78. The van der Waals surface area contributed by atoms with Gasteiger partial charge in [0.2, 0.25) is 5.91 Å². The first kappa shape index (κ1) is 18.8. The van der Waals surface area contributed by atoms with Crippen LogP contribution in [0.3, 0.4) is 0 Å². The molecule has 1 aromatic heterocycles. The first-order valence-corrected chi connectivity index (χ1v) is 7.88. The third-order valence-corrected chi connectivity index (χ3v) is 3.42. The van der Waals surface area contributed by atoms with Crippen molar-refractivity contribution in [1.82, 2.24) is 14.9 Å². The van der Waals surface area contributed by atoms with E-state index in [0.717, 1.165) is 12.8 Å². The Kier molecular flexibility index (Phi) is 6.87. The lowest BCUT2D eigenvalue weighted by Gasteiger charge is -2.21. The van der Waals surface area contributed by atoms with Crippen molar-refractivity contribution in [3.63, 3.8) is 0 Å². The lowest BCUT2D eigenvalue weighted by Crippen LogP contribution is -2.41. The lowest BCUT2D eigenvalue weighted by atomic mass is 10.2. The number of carbonyl (C=O) groups excluding carboxylic acids is 1. The molecular formula is C15H27N5O3. The molecule has 0 fully saturated rings. The molecule has 1 rings (SSSR count). The van der Waals surface area contributed by atoms with E-state index >= 15 is 0 Å². The van der Waals surface area contributed by atoms with Gasteiger partial charge in [-0.2, -0.15) is 0 Å². The second kappa shape index (κ2) is 8.40. The van der Waals surface area contributed by atoms with E-state index in [1.54, 1.807) is 7.05 Å². The summed E-state index contributed by atoms with van der Waals surface area (Å²) >= 11 is 0. The minimum absolute atomic E-state index is 0.00795. The Hall–Kier alpha value is -2.25. The average molecular weight is 325 g/mol. The Morgan fingerprint density at radius 1 is 1.39 bits per heavy atom. The number of nitrogen functional groups attached to an aromatic ring is 1. The summed E-state index contributed by atoms with van der Waals surface area (Å²) in [5.74, 6) is 0.228. The zero-order valence-electron chi connectivity index (χ0n) is 14.3. The average Bonchev–Trinajstić information content (AvgIpc) is 2.44. The van der Waals surface area contributed by atoms with Crippen LogP contribution in [0.4, 0.5) is 11.5 Å². The third kappa shape index (κ3) is 5.15. The molecule has 0 saturated heterocycles. The normalized spacial score (nSPS) is 10.8. The molecular weight excluding hydrogens is 298 g/mol. The van der Waals surface area contributed by atoms with Gasteiger partial charge in [0, 0.05) is 20.1 Å². The van der Waals surface area contributed by atoms with Gasteiger partial charge in [-0.3, -0.25) is 19.1 Å². The van der Waals surface area contributed by atoms with E-state index in [9.17, 15) is 14.4 Å². The summed E-state index contributed by atoms with van der Waals surface area (Å²) < 4.78 is 1.34. The molecule has 0 aromatic carbocycles. The summed E-state index contributed by atoms with van der Waals surface area (Å²) in [6.07, 6.45) is 1.67. The summed E-state index contributed by atoms with van der Waals surface area (Å²) in [6, 6.07) is 0. The fourth-order valence-electron chi connectivity index (χ4n) is 2.15. The molecule has 0 radical (unpaired) electrons. The number of hydrogen-bond acceptors (Lipinski definition) is 5. The predicted molar refractivity (Wildman–Crippen MR) is 91.8 cm³/mol. The predicted octanol–water partition coefficient (Wildman–Crippen LogP) is 0.127. The van der Waals surface area contributed by atoms with E-state index in [-0.39, 0.29) is 24.0 Å². The maximum absolute atomic E-state index is 12.1. The molecule has 4 N–H and O–H groups in total. The number of H-pyrrole nitrogens is 1. The molecule has 8 nitrogen and oxygen atoms in total. The van der Waals surface area contributed by atoms with Gasteiger partial charge in [-0.1, -0.05) is 27.2 Å². The molecule has 0 spiro atoms. The molecule has 0 aliphatic rings. The highest BCUT2D eigenvalue weighted by Crippen LogP contribution is 2.15. The Morgan fingerprint density at radius 3 is 2.61 bits per heavy atom. The van der Waals surface area contributed by atoms with Gasteiger partial charge in [0.1, 0.15) is 11.5 Å². The highest BCUT2D eigenvalue weighted by atomic mass is 16.2. The van der Waals surface area contributed by atoms with Crippen LogP contribution < -0.4 is 27.2 Å². The molecule has 1 heterocycles. The molecule has 1 aromatic rings. The van der Waals surface area contributed by atoms with Crippen molar-refractivity contribution < 1.29 is 4.79 Å². The van der Waals surface area contributed by atoms with E-state index in [4.69, 9.17) is 5.73 Å². The molecule has 8 heteroatoms.